The lowest BCUT2D eigenvalue weighted by molar-refractivity contribution is -0.138. The predicted octanol–water partition coefficient (Wildman–Crippen LogP) is 4.94. The number of nitrogens with one attached hydrogen (secondary N) is 1. The van der Waals surface area contributed by atoms with Gasteiger partial charge in [0.15, 0.2) is 0 Å². The van der Waals surface area contributed by atoms with Crippen molar-refractivity contribution >= 4 is 5.91 Å². The number of amides is 1. The van der Waals surface area contributed by atoms with Crippen LogP contribution in [0.25, 0.3) is 0 Å². The van der Waals surface area contributed by atoms with E-state index in [4.69, 9.17) is 4.74 Å². The van der Waals surface area contributed by atoms with Crippen molar-refractivity contribution in [2.75, 3.05) is 7.11 Å². The fraction of sp³-hybridized carbons (Fsp3) is 0.368. The lowest BCUT2D eigenvalue weighted by Crippen LogP contribution is -2.29. The maximum Gasteiger partial charge on any atom is 0.417 e. The number of halogens is 6. The fourth-order valence-corrected chi connectivity index (χ4v) is 2.75. The normalized spacial score (nSPS) is 13.1. The Morgan fingerprint density at radius 1 is 1.07 bits per heavy atom. The zero-order chi connectivity index (χ0) is 21.8. The highest BCUT2D eigenvalue weighted by molar-refractivity contribution is 5.83. The van der Waals surface area contributed by atoms with Crippen molar-refractivity contribution in [3.05, 3.63) is 58.8 Å². The van der Waals surface area contributed by atoms with Crippen molar-refractivity contribution in [3.63, 3.8) is 0 Å². The van der Waals surface area contributed by atoms with Crippen LogP contribution in [0, 0.1) is 0 Å². The number of benzene rings is 1. The Kier molecular flexibility index (Phi) is 6.76. The summed E-state index contributed by atoms with van der Waals surface area (Å²) in [5, 5.41) is 2.50. The first kappa shape index (κ1) is 22.5. The minimum atomic E-state index is -4.61. The van der Waals surface area contributed by atoms with Gasteiger partial charge in [0, 0.05) is 18.3 Å². The summed E-state index contributed by atoms with van der Waals surface area (Å²) in [5.41, 5.74) is -1.43. The summed E-state index contributed by atoms with van der Waals surface area (Å²) in [6.07, 6.45) is -8.18. The first-order valence-electron chi connectivity index (χ1n) is 8.52. The minimum absolute atomic E-state index is 0.0259. The molecule has 1 amide bonds. The van der Waals surface area contributed by atoms with E-state index in [2.05, 4.69) is 10.3 Å². The Bertz CT molecular complexity index is 847. The highest BCUT2D eigenvalue weighted by Gasteiger charge is 2.32. The molecule has 158 valence electrons. The van der Waals surface area contributed by atoms with E-state index in [1.165, 1.54) is 19.2 Å². The quantitative estimate of drug-likeness (QED) is 0.674. The third-order valence-electron chi connectivity index (χ3n) is 4.26. The second-order valence-corrected chi connectivity index (χ2v) is 6.19. The number of hydrogen-bond donors (Lipinski definition) is 1. The lowest BCUT2D eigenvalue weighted by atomic mass is 9.94. The van der Waals surface area contributed by atoms with Gasteiger partial charge in [-0.05, 0) is 30.2 Å². The molecular weight excluding hydrogens is 402 g/mol. The molecular formula is C19H18F6N2O2. The van der Waals surface area contributed by atoms with Gasteiger partial charge in [0.1, 0.15) is 0 Å². The van der Waals surface area contributed by atoms with E-state index in [1.54, 1.807) is 6.92 Å². The van der Waals surface area contributed by atoms with E-state index in [-0.39, 0.29) is 24.4 Å². The van der Waals surface area contributed by atoms with Crippen LogP contribution in [0.4, 0.5) is 26.3 Å². The molecule has 2 rings (SSSR count). The second kappa shape index (κ2) is 8.71. The number of ether oxygens (including phenoxy) is 1. The van der Waals surface area contributed by atoms with Crippen LogP contribution in [0.1, 0.15) is 41.5 Å². The third-order valence-corrected chi connectivity index (χ3v) is 4.26. The molecule has 0 radical (unpaired) electrons. The number of carbonyl (C=O) groups is 1. The number of methoxy groups -OCH3 is 1. The van der Waals surface area contributed by atoms with Crippen molar-refractivity contribution in [2.45, 2.75) is 38.2 Å². The average molecular weight is 420 g/mol. The van der Waals surface area contributed by atoms with Crippen LogP contribution in [0.5, 0.6) is 5.88 Å². The largest absolute Gasteiger partial charge is 0.481 e. The summed E-state index contributed by atoms with van der Waals surface area (Å²) < 4.78 is 81.6. The standard InChI is InChI=1S/C19H18F6N2O2/c1-3-15(11-4-6-13(7-5-11)18(20,21)22)16(28)26-9-12-8-14(19(23,24)25)10-27-17(12)29-2/h4-8,10,15H,3,9H2,1-2H3,(H,26,28)/t15-/m0/s1. The lowest BCUT2D eigenvalue weighted by Gasteiger charge is -2.17. The van der Waals surface area contributed by atoms with Gasteiger partial charge < -0.3 is 10.1 Å². The summed E-state index contributed by atoms with van der Waals surface area (Å²) in [4.78, 5) is 16.1. The third kappa shape index (κ3) is 5.61. The molecule has 0 aliphatic heterocycles. The summed E-state index contributed by atoms with van der Waals surface area (Å²) in [5.74, 6) is -1.37. The van der Waals surface area contributed by atoms with Gasteiger partial charge in [-0.3, -0.25) is 4.79 Å². The van der Waals surface area contributed by atoms with Crippen LogP contribution >= 0.6 is 0 Å². The molecule has 0 unspecified atom stereocenters. The Hall–Kier alpha value is -2.78. The molecule has 29 heavy (non-hydrogen) atoms. The minimum Gasteiger partial charge on any atom is -0.481 e. The zero-order valence-corrected chi connectivity index (χ0v) is 15.5. The van der Waals surface area contributed by atoms with Gasteiger partial charge in [0.25, 0.3) is 0 Å². The van der Waals surface area contributed by atoms with Crippen molar-refractivity contribution in [3.8, 4) is 5.88 Å². The van der Waals surface area contributed by atoms with Crippen molar-refractivity contribution < 1.29 is 35.9 Å². The summed E-state index contributed by atoms with van der Waals surface area (Å²) in [7, 11) is 1.23. The molecule has 0 aliphatic rings. The molecule has 0 aliphatic carbocycles. The molecule has 0 saturated carbocycles. The molecule has 2 aromatic rings. The van der Waals surface area contributed by atoms with E-state index in [1.807, 2.05) is 0 Å². The summed E-state index contributed by atoms with van der Waals surface area (Å²) in [6, 6.07) is 5.01. The van der Waals surface area contributed by atoms with Crippen LogP contribution in [-0.2, 0) is 23.7 Å². The molecule has 0 saturated heterocycles. The predicted molar refractivity (Wildman–Crippen MR) is 92.1 cm³/mol. The number of rotatable bonds is 6. The molecule has 10 heteroatoms. The molecule has 1 heterocycles. The Morgan fingerprint density at radius 2 is 1.66 bits per heavy atom. The van der Waals surface area contributed by atoms with E-state index in [0.29, 0.717) is 11.8 Å². The maximum atomic E-state index is 12.9. The SMILES string of the molecule is CC[C@H](C(=O)NCc1cc(C(F)(F)F)cnc1OC)c1ccc(C(F)(F)F)cc1. The van der Waals surface area contributed by atoms with Gasteiger partial charge in [0.2, 0.25) is 11.8 Å². The van der Waals surface area contributed by atoms with Crippen molar-refractivity contribution in [1.29, 1.82) is 0 Å². The average Bonchev–Trinajstić information content (AvgIpc) is 2.65. The number of carbonyl (C=O) groups excluding carboxylic acids is 1. The molecule has 1 aromatic heterocycles. The van der Waals surface area contributed by atoms with Crippen molar-refractivity contribution in [1.82, 2.24) is 10.3 Å². The second-order valence-electron chi connectivity index (χ2n) is 6.19. The first-order valence-corrected chi connectivity index (χ1v) is 8.52. The van der Waals surface area contributed by atoms with Crippen molar-refractivity contribution in [2.24, 2.45) is 0 Å². The Labute approximate surface area is 162 Å². The van der Waals surface area contributed by atoms with Crippen LogP contribution < -0.4 is 10.1 Å². The van der Waals surface area contributed by atoms with Gasteiger partial charge >= 0.3 is 12.4 Å². The van der Waals surface area contributed by atoms with Gasteiger partial charge in [-0.25, -0.2) is 4.98 Å². The highest BCUT2D eigenvalue weighted by Crippen LogP contribution is 2.32. The Balaban J connectivity index is 2.16. The van der Waals surface area contributed by atoms with E-state index in [9.17, 15) is 31.1 Å². The molecule has 0 spiro atoms. The van der Waals surface area contributed by atoms with Crippen LogP contribution in [-0.4, -0.2) is 18.0 Å². The van der Waals surface area contributed by atoms with Crippen LogP contribution in [0.15, 0.2) is 36.5 Å². The van der Waals surface area contributed by atoms with Gasteiger partial charge in [0.05, 0.1) is 24.2 Å². The highest BCUT2D eigenvalue weighted by atomic mass is 19.4. The number of aromatic nitrogens is 1. The van der Waals surface area contributed by atoms with Gasteiger partial charge in [-0.1, -0.05) is 19.1 Å². The smallest absolute Gasteiger partial charge is 0.417 e. The number of pyridine rings is 1. The summed E-state index contributed by atoms with van der Waals surface area (Å²) in [6.45, 7) is 1.39. The molecule has 4 nitrogen and oxygen atoms in total. The zero-order valence-electron chi connectivity index (χ0n) is 15.5. The Morgan fingerprint density at radius 3 is 2.14 bits per heavy atom. The maximum absolute atomic E-state index is 12.9. The molecule has 1 atom stereocenters. The molecule has 0 fully saturated rings. The molecule has 1 aromatic carbocycles. The van der Waals surface area contributed by atoms with Crippen LogP contribution in [0.3, 0.4) is 0 Å². The monoisotopic (exact) mass is 420 g/mol. The van der Waals surface area contributed by atoms with E-state index < -0.39 is 35.3 Å². The van der Waals surface area contributed by atoms with E-state index >= 15 is 0 Å². The van der Waals surface area contributed by atoms with Crippen LogP contribution in [0.2, 0.25) is 0 Å². The number of hydrogen-bond acceptors (Lipinski definition) is 3. The molecule has 1 N–H and O–H groups in total. The number of nitrogens with zero attached hydrogens (tertiary/aromatic N) is 1. The summed E-state index contributed by atoms with van der Waals surface area (Å²) >= 11 is 0. The van der Waals surface area contributed by atoms with Gasteiger partial charge in [-0.2, -0.15) is 26.3 Å². The van der Waals surface area contributed by atoms with Gasteiger partial charge in [-0.15, -0.1) is 0 Å². The van der Waals surface area contributed by atoms with E-state index in [0.717, 1.165) is 18.2 Å². The first-order chi connectivity index (χ1) is 13.5. The topological polar surface area (TPSA) is 51.2 Å². The fourth-order valence-electron chi connectivity index (χ4n) is 2.75. The number of alkyl halides is 6. The molecule has 0 bridgehead atoms.